The summed E-state index contributed by atoms with van der Waals surface area (Å²) < 4.78 is 2.07. The van der Waals surface area contributed by atoms with Crippen LogP contribution in [0.25, 0.3) is 0 Å². The molecule has 0 saturated carbocycles. The highest BCUT2D eigenvalue weighted by Gasteiger charge is 2.10. The number of aromatic nitrogens is 2. The number of hydrogen-bond donors (Lipinski definition) is 0. The molecule has 0 aliphatic heterocycles. The van der Waals surface area contributed by atoms with Crippen LogP contribution in [0.4, 0.5) is 0 Å². The maximum absolute atomic E-state index is 5.86. The van der Waals surface area contributed by atoms with Crippen molar-refractivity contribution in [3.63, 3.8) is 0 Å². The molecule has 1 aromatic heterocycles. The molecule has 0 aliphatic carbocycles. The predicted molar refractivity (Wildman–Crippen MR) is 67.0 cm³/mol. The monoisotopic (exact) mass is 254 g/mol. The summed E-state index contributed by atoms with van der Waals surface area (Å²) in [4.78, 5) is 4.11. The number of benzene rings is 1. The third kappa shape index (κ3) is 2.23. The van der Waals surface area contributed by atoms with Crippen LogP contribution in [0.1, 0.15) is 24.2 Å². The topological polar surface area (TPSA) is 17.8 Å². The number of rotatable bonds is 3. The van der Waals surface area contributed by atoms with E-state index in [2.05, 4.69) is 16.5 Å². The van der Waals surface area contributed by atoms with Gasteiger partial charge in [-0.25, -0.2) is 4.98 Å². The second-order valence-corrected chi connectivity index (χ2v) is 4.36. The first kappa shape index (κ1) is 11.5. The lowest BCUT2D eigenvalue weighted by Crippen LogP contribution is -2.08. The van der Waals surface area contributed by atoms with Gasteiger partial charge >= 0.3 is 0 Å². The minimum atomic E-state index is 0.216. The molecule has 4 heteroatoms. The van der Waals surface area contributed by atoms with Gasteiger partial charge in [0.15, 0.2) is 0 Å². The van der Waals surface area contributed by atoms with Crippen molar-refractivity contribution in [1.29, 1.82) is 0 Å². The van der Waals surface area contributed by atoms with Gasteiger partial charge in [-0.15, -0.1) is 11.6 Å². The van der Waals surface area contributed by atoms with Gasteiger partial charge in [0, 0.05) is 11.2 Å². The Morgan fingerprint density at radius 2 is 2.00 bits per heavy atom. The molecule has 1 heterocycles. The van der Waals surface area contributed by atoms with Crippen molar-refractivity contribution in [3.8, 4) is 0 Å². The van der Waals surface area contributed by atoms with Gasteiger partial charge in [0.2, 0.25) is 0 Å². The van der Waals surface area contributed by atoms with E-state index in [4.69, 9.17) is 23.2 Å². The summed E-state index contributed by atoms with van der Waals surface area (Å²) in [6, 6.07) is 8.04. The van der Waals surface area contributed by atoms with Gasteiger partial charge in [0.05, 0.1) is 23.9 Å². The van der Waals surface area contributed by atoms with Crippen LogP contribution in [-0.2, 0) is 5.88 Å². The van der Waals surface area contributed by atoms with E-state index < -0.39 is 0 Å². The largest absolute Gasteiger partial charge is 0.326 e. The summed E-state index contributed by atoms with van der Waals surface area (Å²) in [5.41, 5.74) is 2.21. The highest BCUT2D eigenvalue weighted by atomic mass is 35.5. The minimum Gasteiger partial charge on any atom is -0.326 e. The fourth-order valence-corrected chi connectivity index (χ4v) is 2.02. The van der Waals surface area contributed by atoms with Crippen molar-refractivity contribution in [2.75, 3.05) is 0 Å². The van der Waals surface area contributed by atoms with Gasteiger partial charge in [-0.2, -0.15) is 0 Å². The molecule has 0 N–H and O–H groups in total. The molecule has 0 aliphatic rings. The Labute approximate surface area is 105 Å². The van der Waals surface area contributed by atoms with Crippen molar-refractivity contribution < 1.29 is 0 Å². The Bertz CT molecular complexity index is 462. The van der Waals surface area contributed by atoms with Gasteiger partial charge in [0.1, 0.15) is 0 Å². The summed E-state index contributed by atoms with van der Waals surface area (Å²) in [5, 5.41) is 0.749. The molecule has 0 radical (unpaired) electrons. The fraction of sp³-hybridized carbons (Fsp3) is 0.250. The average molecular weight is 255 g/mol. The zero-order valence-corrected chi connectivity index (χ0v) is 10.4. The van der Waals surface area contributed by atoms with E-state index in [9.17, 15) is 0 Å². The first-order valence-corrected chi connectivity index (χ1v) is 5.95. The Hall–Kier alpha value is -0.990. The molecule has 0 saturated heterocycles. The molecule has 1 aromatic carbocycles. The van der Waals surface area contributed by atoms with Gasteiger partial charge < -0.3 is 4.57 Å². The molecule has 2 rings (SSSR count). The number of imidazole rings is 1. The second-order valence-electron chi connectivity index (χ2n) is 3.65. The van der Waals surface area contributed by atoms with Gasteiger partial charge in [-0.3, -0.25) is 0 Å². The number of alkyl halides is 1. The Morgan fingerprint density at radius 3 is 2.62 bits per heavy atom. The van der Waals surface area contributed by atoms with E-state index in [0.717, 1.165) is 10.7 Å². The third-order valence-corrected chi connectivity index (χ3v) is 3.18. The highest BCUT2D eigenvalue weighted by Crippen LogP contribution is 2.21. The number of hydrogen-bond acceptors (Lipinski definition) is 1. The smallest absolute Gasteiger partial charge is 0.0954 e. The van der Waals surface area contributed by atoms with Crippen molar-refractivity contribution in [2.45, 2.75) is 18.8 Å². The van der Waals surface area contributed by atoms with Crippen LogP contribution < -0.4 is 0 Å². The lowest BCUT2D eigenvalue weighted by molar-refractivity contribution is 0.620. The summed E-state index contributed by atoms with van der Waals surface area (Å²) in [6.45, 7) is 2.11. The van der Waals surface area contributed by atoms with Crippen LogP contribution in [0.2, 0.25) is 5.02 Å². The Kier molecular flexibility index (Phi) is 3.52. The maximum Gasteiger partial charge on any atom is 0.0954 e. The van der Waals surface area contributed by atoms with Crippen LogP contribution in [0.15, 0.2) is 36.8 Å². The SMILES string of the molecule is CC(c1ccc(Cl)cc1)n1cncc1CCl. The predicted octanol–water partition coefficient (Wildman–Crippen LogP) is 3.88. The molecular formula is C12H12Cl2N2. The van der Waals surface area contributed by atoms with Crippen molar-refractivity contribution >= 4 is 23.2 Å². The van der Waals surface area contributed by atoms with E-state index in [0.29, 0.717) is 5.88 Å². The first-order chi connectivity index (χ1) is 7.72. The summed E-state index contributed by atoms with van der Waals surface area (Å²) in [7, 11) is 0. The van der Waals surface area contributed by atoms with Crippen molar-refractivity contribution in [1.82, 2.24) is 9.55 Å². The standard InChI is InChI=1S/C12H12Cl2N2/c1-9(10-2-4-11(14)5-3-10)16-8-15-7-12(16)6-13/h2-5,7-9H,6H2,1H3. The molecule has 0 fully saturated rings. The van der Waals surface area contributed by atoms with E-state index in [1.54, 1.807) is 12.5 Å². The van der Waals surface area contributed by atoms with Crippen molar-refractivity contribution in [2.24, 2.45) is 0 Å². The zero-order chi connectivity index (χ0) is 11.5. The van der Waals surface area contributed by atoms with E-state index in [1.165, 1.54) is 5.56 Å². The van der Waals surface area contributed by atoms with Crippen LogP contribution in [0, 0.1) is 0 Å². The van der Waals surface area contributed by atoms with E-state index >= 15 is 0 Å². The lowest BCUT2D eigenvalue weighted by Gasteiger charge is -2.16. The van der Waals surface area contributed by atoms with E-state index in [1.807, 2.05) is 24.3 Å². The lowest BCUT2D eigenvalue weighted by atomic mass is 10.1. The Morgan fingerprint density at radius 1 is 1.31 bits per heavy atom. The second kappa shape index (κ2) is 4.89. The quantitative estimate of drug-likeness (QED) is 0.761. The molecule has 2 aromatic rings. The minimum absolute atomic E-state index is 0.216. The van der Waals surface area contributed by atoms with E-state index in [-0.39, 0.29) is 6.04 Å². The maximum atomic E-state index is 5.86. The van der Waals surface area contributed by atoms with Crippen LogP contribution in [-0.4, -0.2) is 9.55 Å². The molecule has 1 unspecified atom stereocenters. The zero-order valence-electron chi connectivity index (χ0n) is 8.90. The van der Waals surface area contributed by atoms with Crippen LogP contribution in [0.3, 0.4) is 0 Å². The molecule has 84 valence electrons. The van der Waals surface area contributed by atoms with Crippen LogP contribution >= 0.6 is 23.2 Å². The van der Waals surface area contributed by atoms with Gasteiger partial charge in [-0.05, 0) is 24.6 Å². The van der Waals surface area contributed by atoms with Crippen LogP contribution in [0.5, 0.6) is 0 Å². The number of nitrogens with zero attached hydrogens (tertiary/aromatic N) is 2. The summed E-state index contributed by atoms with van der Waals surface area (Å²) >= 11 is 11.7. The summed E-state index contributed by atoms with van der Waals surface area (Å²) in [5.74, 6) is 0.470. The fourth-order valence-electron chi connectivity index (χ4n) is 1.69. The average Bonchev–Trinajstić information content (AvgIpc) is 2.77. The molecule has 2 nitrogen and oxygen atoms in total. The highest BCUT2D eigenvalue weighted by molar-refractivity contribution is 6.30. The molecule has 16 heavy (non-hydrogen) atoms. The molecule has 0 amide bonds. The van der Waals surface area contributed by atoms with Gasteiger partial charge in [-0.1, -0.05) is 23.7 Å². The molecular weight excluding hydrogens is 243 g/mol. The van der Waals surface area contributed by atoms with Gasteiger partial charge in [0.25, 0.3) is 0 Å². The normalized spacial score (nSPS) is 12.7. The number of halogens is 2. The molecule has 0 spiro atoms. The molecule has 1 atom stereocenters. The van der Waals surface area contributed by atoms with Crippen molar-refractivity contribution in [3.05, 3.63) is 53.1 Å². The summed E-state index contributed by atoms with van der Waals surface area (Å²) in [6.07, 6.45) is 3.59. The Balaban J connectivity index is 2.31. The third-order valence-electron chi connectivity index (χ3n) is 2.65. The molecule has 0 bridgehead atoms. The first-order valence-electron chi connectivity index (χ1n) is 5.04.